The highest BCUT2D eigenvalue weighted by Crippen LogP contribution is 2.34. The molecular weight excluding hydrogens is 279 g/mol. The van der Waals surface area contributed by atoms with Crippen LogP contribution in [0.25, 0.3) is 11.4 Å². The summed E-state index contributed by atoms with van der Waals surface area (Å²) in [7, 11) is 1.43. The summed E-state index contributed by atoms with van der Waals surface area (Å²) in [5, 5.41) is 0. The average molecular weight is 292 g/mol. The molecule has 3 N–H and O–H groups in total. The van der Waals surface area contributed by atoms with Gasteiger partial charge in [0.05, 0.1) is 12.8 Å². The first-order valence-electron chi connectivity index (χ1n) is 6.01. The average Bonchev–Trinajstić information content (AvgIpc) is 2.94. The fourth-order valence-corrected chi connectivity index (χ4v) is 3.15. The van der Waals surface area contributed by atoms with Gasteiger partial charge in [0.2, 0.25) is 0 Å². The Balaban J connectivity index is 2.08. The highest BCUT2D eigenvalue weighted by Gasteiger charge is 2.20. The first kappa shape index (κ1) is 13.1. The Hall–Kier alpha value is -1.86. The van der Waals surface area contributed by atoms with Crippen molar-refractivity contribution in [3.63, 3.8) is 0 Å². The normalized spacial score (nSPS) is 13.2. The third-order valence-electron chi connectivity index (χ3n) is 3.12. The molecule has 3 rings (SSSR count). The number of fused-ring (bicyclic) bond motifs is 1. The first-order chi connectivity index (χ1) is 9.72. The van der Waals surface area contributed by atoms with E-state index in [-0.39, 0.29) is 5.75 Å². The SMILES string of the molecule is COc1ccc(-c2nc3c(c(NN)n2)CSC3)cc1F. The van der Waals surface area contributed by atoms with Crippen LogP contribution in [0, 0.1) is 5.82 Å². The second-order valence-corrected chi connectivity index (χ2v) is 5.29. The fourth-order valence-electron chi connectivity index (χ4n) is 2.11. The number of rotatable bonds is 3. The second-order valence-electron chi connectivity index (χ2n) is 4.31. The van der Waals surface area contributed by atoms with E-state index in [1.54, 1.807) is 23.9 Å². The molecule has 104 valence electrons. The zero-order valence-corrected chi connectivity index (χ0v) is 11.6. The molecule has 7 heteroatoms. The highest BCUT2D eigenvalue weighted by atomic mass is 32.2. The fraction of sp³-hybridized carbons (Fsp3) is 0.231. The van der Waals surface area contributed by atoms with Gasteiger partial charge in [0, 0.05) is 22.6 Å². The zero-order valence-electron chi connectivity index (χ0n) is 10.8. The van der Waals surface area contributed by atoms with Gasteiger partial charge in [-0.05, 0) is 18.2 Å². The monoisotopic (exact) mass is 292 g/mol. The molecular formula is C13H13FN4OS. The lowest BCUT2D eigenvalue weighted by Crippen LogP contribution is -2.12. The number of benzene rings is 1. The molecule has 5 nitrogen and oxygen atoms in total. The summed E-state index contributed by atoms with van der Waals surface area (Å²) in [6.07, 6.45) is 0. The Labute approximate surface area is 119 Å². The van der Waals surface area contributed by atoms with Crippen molar-refractivity contribution in [3.05, 3.63) is 35.3 Å². The third kappa shape index (κ3) is 2.19. The summed E-state index contributed by atoms with van der Waals surface area (Å²) < 4.78 is 18.7. The molecule has 1 aromatic carbocycles. The second kappa shape index (κ2) is 5.26. The largest absolute Gasteiger partial charge is 0.494 e. The quantitative estimate of drug-likeness (QED) is 0.668. The van der Waals surface area contributed by atoms with Crippen LogP contribution in [-0.2, 0) is 11.5 Å². The molecule has 2 aromatic rings. The van der Waals surface area contributed by atoms with Gasteiger partial charge in [-0.2, -0.15) is 11.8 Å². The van der Waals surface area contributed by atoms with Crippen molar-refractivity contribution in [1.29, 1.82) is 0 Å². The zero-order chi connectivity index (χ0) is 14.1. The standard InChI is InChI=1S/C13H13FN4OS/c1-19-11-3-2-7(4-9(11)14)12-16-10-6-20-5-8(10)13(17-12)18-15/h2-4H,5-6,15H2,1H3,(H,16,17,18). The molecule has 0 unspecified atom stereocenters. The minimum absolute atomic E-state index is 0.197. The van der Waals surface area contributed by atoms with Crippen LogP contribution in [0.2, 0.25) is 0 Å². The van der Waals surface area contributed by atoms with Gasteiger partial charge in [-0.1, -0.05) is 0 Å². The van der Waals surface area contributed by atoms with E-state index in [0.29, 0.717) is 17.2 Å². The van der Waals surface area contributed by atoms with E-state index in [2.05, 4.69) is 15.4 Å². The van der Waals surface area contributed by atoms with E-state index in [0.717, 1.165) is 22.8 Å². The van der Waals surface area contributed by atoms with Gasteiger partial charge in [0.1, 0.15) is 5.82 Å². The summed E-state index contributed by atoms with van der Waals surface area (Å²) in [6.45, 7) is 0. The minimum Gasteiger partial charge on any atom is -0.494 e. The van der Waals surface area contributed by atoms with Crippen LogP contribution in [0.4, 0.5) is 10.2 Å². The maximum atomic E-state index is 13.8. The van der Waals surface area contributed by atoms with Crippen LogP contribution >= 0.6 is 11.8 Å². The van der Waals surface area contributed by atoms with Crippen molar-refractivity contribution in [2.45, 2.75) is 11.5 Å². The Kier molecular flexibility index (Phi) is 3.45. The molecule has 1 aromatic heterocycles. The van der Waals surface area contributed by atoms with E-state index in [9.17, 15) is 4.39 Å². The Morgan fingerprint density at radius 1 is 1.35 bits per heavy atom. The number of nitrogens with one attached hydrogen (secondary N) is 1. The predicted molar refractivity (Wildman–Crippen MR) is 76.8 cm³/mol. The number of hydrazine groups is 1. The number of anilines is 1. The van der Waals surface area contributed by atoms with Crippen LogP contribution < -0.4 is 16.0 Å². The summed E-state index contributed by atoms with van der Waals surface area (Å²) >= 11 is 1.75. The predicted octanol–water partition coefficient (Wildman–Crippen LogP) is 2.32. The number of nitrogen functional groups attached to an aromatic ring is 1. The lowest BCUT2D eigenvalue weighted by atomic mass is 10.1. The summed E-state index contributed by atoms with van der Waals surface area (Å²) in [6, 6.07) is 4.65. The Morgan fingerprint density at radius 3 is 2.90 bits per heavy atom. The van der Waals surface area contributed by atoms with Gasteiger partial charge in [-0.25, -0.2) is 20.2 Å². The van der Waals surface area contributed by atoms with E-state index in [1.165, 1.54) is 13.2 Å². The lowest BCUT2D eigenvalue weighted by Gasteiger charge is -2.09. The number of ether oxygens (including phenoxy) is 1. The topological polar surface area (TPSA) is 73.1 Å². The number of hydrogen-bond acceptors (Lipinski definition) is 6. The lowest BCUT2D eigenvalue weighted by molar-refractivity contribution is 0.386. The molecule has 20 heavy (non-hydrogen) atoms. The molecule has 0 aliphatic carbocycles. The molecule has 0 spiro atoms. The number of nitrogens with two attached hydrogens (primary N) is 1. The number of halogens is 1. The first-order valence-corrected chi connectivity index (χ1v) is 7.16. The summed E-state index contributed by atoms with van der Waals surface area (Å²) in [5.41, 5.74) is 5.16. The van der Waals surface area contributed by atoms with Gasteiger partial charge in [0.25, 0.3) is 0 Å². The third-order valence-corrected chi connectivity index (χ3v) is 4.10. The Bertz CT molecular complexity index is 665. The molecule has 1 aliphatic rings. The van der Waals surface area contributed by atoms with Crippen LogP contribution in [-0.4, -0.2) is 17.1 Å². The van der Waals surface area contributed by atoms with Crippen molar-refractivity contribution in [2.24, 2.45) is 5.84 Å². The summed E-state index contributed by atoms with van der Waals surface area (Å²) in [4.78, 5) is 8.86. The van der Waals surface area contributed by atoms with E-state index in [1.807, 2.05) is 0 Å². The molecule has 1 aliphatic heterocycles. The van der Waals surface area contributed by atoms with Crippen molar-refractivity contribution < 1.29 is 9.13 Å². The van der Waals surface area contributed by atoms with Crippen LogP contribution in [0.1, 0.15) is 11.3 Å². The van der Waals surface area contributed by atoms with Crippen LogP contribution in [0.5, 0.6) is 5.75 Å². The van der Waals surface area contributed by atoms with Gasteiger partial charge in [-0.3, -0.25) is 0 Å². The number of thioether (sulfide) groups is 1. The van der Waals surface area contributed by atoms with Crippen LogP contribution in [0.15, 0.2) is 18.2 Å². The molecule has 0 bridgehead atoms. The van der Waals surface area contributed by atoms with Crippen molar-refractivity contribution in [2.75, 3.05) is 12.5 Å². The number of aromatic nitrogens is 2. The maximum Gasteiger partial charge on any atom is 0.165 e. The van der Waals surface area contributed by atoms with Gasteiger partial charge >= 0.3 is 0 Å². The van der Waals surface area contributed by atoms with Crippen molar-refractivity contribution >= 4 is 17.6 Å². The molecule has 0 atom stereocenters. The number of nitrogens with zero attached hydrogens (tertiary/aromatic N) is 2. The minimum atomic E-state index is -0.439. The van der Waals surface area contributed by atoms with Crippen molar-refractivity contribution in [3.8, 4) is 17.1 Å². The Morgan fingerprint density at radius 2 is 2.20 bits per heavy atom. The maximum absolute atomic E-state index is 13.8. The molecule has 0 saturated heterocycles. The molecule has 2 heterocycles. The van der Waals surface area contributed by atoms with Gasteiger partial charge < -0.3 is 10.2 Å². The molecule has 0 fully saturated rings. The molecule has 0 amide bonds. The number of hydrogen-bond donors (Lipinski definition) is 2. The highest BCUT2D eigenvalue weighted by molar-refractivity contribution is 7.98. The number of methoxy groups -OCH3 is 1. The summed E-state index contributed by atoms with van der Waals surface area (Å²) in [5.74, 6) is 7.98. The van der Waals surface area contributed by atoms with Crippen molar-refractivity contribution in [1.82, 2.24) is 9.97 Å². The smallest absolute Gasteiger partial charge is 0.165 e. The van der Waals surface area contributed by atoms with Gasteiger partial charge in [0.15, 0.2) is 17.4 Å². The van der Waals surface area contributed by atoms with E-state index in [4.69, 9.17) is 10.6 Å². The van der Waals surface area contributed by atoms with E-state index >= 15 is 0 Å². The van der Waals surface area contributed by atoms with Crippen LogP contribution in [0.3, 0.4) is 0 Å². The molecule has 0 radical (unpaired) electrons. The van der Waals surface area contributed by atoms with Gasteiger partial charge in [-0.15, -0.1) is 0 Å². The molecule has 0 saturated carbocycles. The van der Waals surface area contributed by atoms with E-state index < -0.39 is 5.82 Å².